The normalized spacial score (nSPS) is 23.6. The molecule has 0 bridgehead atoms. The fourth-order valence-electron chi connectivity index (χ4n) is 2.15. The first kappa shape index (κ1) is 12.6. The Kier molecular flexibility index (Phi) is 3.55. The Hall–Kier alpha value is -0.860. The minimum Gasteiger partial charge on any atom is -0.375 e. The summed E-state index contributed by atoms with van der Waals surface area (Å²) in [5.41, 5.74) is 4.23. The third-order valence-electron chi connectivity index (χ3n) is 3.52. The summed E-state index contributed by atoms with van der Waals surface area (Å²) in [6.45, 7) is 10.4. The van der Waals surface area contributed by atoms with Gasteiger partial charge in [-0.05, 0) is 50.8 Å². The molecule has 1 aromatic carbocycles. The standard InChI is InChI=1S/C15H23NO/c1-11-5-6-13(7-12(11)2)8-14-9-16-15(3,4)10-17-14/h5-7,14,16H,8-10H2,1-4H3. The van der Waals surface area contributed by atoms with Gasteiger partial charge in [-0.2, -0.15) is 0 Å². The molecule has 1 aromatic rings. The van der Waals surface area contributed by atoms with Crippen LogP contribution in [-0.4, -0.2) is 24.8 Å². The number of hydrogen-bond donors (Lipinski definition) is 1. The Bertz CT molecular complexity index is 388. The van der Waals surface area contributed by atoms with Crippen LogP contribution in [0.3, 0.4) is 0 Å². The molecule has 2 heteroatoms. The molecule has 0 aromatic heterocycles. The molecular weight excluding hydrogens is 210 g/mol. The lowest BCUT2D eigenvalue weighted by Gasteiger charge is -2.36. The molecule has 1 heterocycles. The fraction of sp³-hybridized carbons (Fsp3) is 0.600. The van der Waals surface area contributed by atoms with E-state index in [0.717, 1.165) is 19.6 Å². The summed E-state index contributed by atoms with van der Waals surface area (Å²) in [6, 6.07) is 6.69. The highest BCUT2D eigenvalue weighted by atomic mass is 16.5. The van der Waals surface area contributed by atoms with Gasteiger partial charge in [0.15, 0.2) is 0 Å². The van der Waals surface area contributed by atoms with E-state index in [9.17, 15) is 0 Å². The lowest BCUT2D eigenvalue weighted by molar-refractivity contribution is -0.0206. The highest BCUT2D eigenvalue weighted by molar-refractivity contribution is 5.30. The molecule has 0 radical (unpaired) electrons. The van der Waals surface area contributed by atoms with Gasteiger partial charge in [0.05, 0.1) is 12.7 Å². The van der Waals surface area contributed by atoms with E-state index in [1.54, 1.807) is 0 Å². The first-order chi connectivity index (χ1) is 7.96. The van der Waals surface area contributed by atoms with Gasteiger partial charge < -0.3 is 10.1 Å². The van der Waals surface area contributed by atoms with Crippen LogP contribution in [-0.2, 0) is 11.2 Å². The predicted molar refractivity (Wildman–Crippen MR) is 71.4 cm³/mol. The van der Waals surface area contributed by atoms with Crippen molar-refractivity contribution in [2.24, 2.45) is 0 Å². The van der Waals surface area contributed by atoms with Crippen LogP contribution in [0.5, 0.6) is 0 Å². The molecule has 2 nitrogen and oxygen atoms in total. The highest BCUT2D eigenvalue weighted by Crippen LogP contribution is 2.16. The molecule has 0 spiro atoms. The third kappa shape index (κ3) is 3.30. The number of hydrogen-bond acceptors (Lipinski definition) is 2. The van der Waals surface area contributed by atoms with E-state index in [2.05, 4.69) is 51.2 Å². The Labute approximate surface area is 104 Å². The monoisotopic (exact) mass is 233 g/mol. The predicted octanol–water partition coefficient (Wildman–Crippen LogP) is 2.61. The summed E-state index contributed by atoms with van der Waals surface area (Å²) in [5.74, 6) is 0. The first-order valence-corrected chi connectivity index (χ1v) is 6.39. The molecule has 0 amide bonds. The Balaban J connectivity index is 1.95. The number of benzene rings is 1. The first-order valence-electron chi connectivity index (χ1n) is 6.39. The van der Waals surface area contributed by atoms with E-state index in [-0.39, 0.29) is 5.54 Å². The van der Waals surface area contributed by atoms with Crippen molar-refractivity contribution in [1.82, 2.24) is 5.32 Å². The zero-order chi connectivity index (χ0) is 12.5. The second-order valence-corrected chi connectivity index (χ2v) is 5.82. The van der Waals surface area contributed by atoms with Gasteiger partial charge in [-0.25, -0.2) is 0 Å². The van der Waals surface area contributed by atoms with Gasteiger partial charge >= 0.3 is 0 Å². The minimum atomic E-state index is 0.125. The molecule has 0 aliphatic carbocycles. The summed E-state index contributed by atoms with van der Waals surface area (Å²) >= 11 is 0. The quantitative estimate of drug-likeness (QED) is 0.848. The number of aryl methyl sites for hydroxylation is 2. The molecule has 1 fully saturated rings. The molecule has 1 N–H and O–H groups in total. The van der Waals surface area contributed by atoms with Crippen molar-refractivity contribution in [2.45, 2.75) is 45.8 Å². The number of ether oxygens (including phenoxy) is 1. The lowest BCUT2D eigenvalue weighted by atomic mass is 9.99. The number of nitrogens with one attached hydrogen (secondary N) is 1. The largest absolute Gasteiger partial charge is 0.375 e. The second-order valence-electron chi connectivity index (χ2n) is 5.82. The molecular formula is C15H23NO. The van der Waals surface area contributed by atoms with Crippen LogP contribution in [0.4, 0.5) is 0 Å². The molecule has 1 atom stereocenters. The van der Waals surface area contributed by atoms with Gasteiger partial charge in [-0.15, -0.1) is 0 Å². The van der Waals surface area contributed by atoms with E-state index < -0.39 is 0 Å². The molecule has 17 heavy (non-hydrogen) atoms. The summed E-state index contributed by atoms with van der Waals surface area (Å²) < 4.78 is 5.90. The molecule has 1 unspecified atom stereocenters. The zero-order valence-electron chi connectivity index (χ0n) is 11.3. The van der Waals surface area contributed by atoms with Crippen molar-refractivity contribution in [2.75, 3.05) is 13.2 Å². The second kappa shape index (κ2) is 4.79. The van der Waals surface area contributed by atoms with Crippen molar-refractivity contribution in [3.63, 3.8) is 0 Å². The lowest BCUT2D eigenvalue weighted by Crippen LogP contribution is -2.53. The average molecular weight is 233 g/mol. The van der Waals surface area contributed by atoms with Crippen LogP contribution in [0.1, 0.15) is 30.5 Å². The average Bonchev–Trinajstić information content (AvgIpc) is 2.27. The van der Waals surface area contributed by atoms with Gasteiger partial charge in [0.1, 0.15) is 0 Å². The minimum absolute atomic E-state index is 0.125. The maximum atomic E-state index is 5.90. The van der Waals surface area contributed by atoms with Gasteiger partial charge in [0.2, 0.25) is 0 Å². The van der Waals surface area contributed by atoms with Crippen molar-refractivity contribution < 1.29 is 4.74 Å². The van der Waals surface area contributed by atoms with Crippen LogP contribution in [0.15, 0.2) is 18.2 Å². The van der Waals surface area contributed by atoms with Crippen molar-refractivity contribution in [1.29, 1.82) is 0 Å². The van der Waals surface area contributed by atoms with Crippen LogP contribution < -0.4 is 5.32 Å². The SMILES string of the molecule is Cc1ccc(CC2CNC(C)(C)CO2)cc1C. The molecule has 0 saturated carbocycles. The Morgan fingerprint density at radius 2 is 2.06 bits per heavy atom. The summed E-state index contributed by atoms with van der Waals surface area (Å²) in [7, 11) is 0. The van der Waals surface area contributed by atoms with Crippen LogP contribution >= 0.6 is 0 Å². The number of rotatable bonds is 2. The van der Waals surface area contributed by atoms with Gasteiger partial charge in [0, 0.05) is 12.1 Å². The summed E-state index contributed by atoms with van der Waals surface area (Å²) in [4.78, 5) is 0. The van der Waals surface area contributed by atoms with Gasteiger partial charge in [-0.3, -0.25) is 0 Å². The molecule has 94 valence electrons. The maximum absolute atomic E-state index is 5.90. The molecule has 1 saturated heterocycles. The third-order valence-corrected chi connectivity index (χ3v) is 3.52. The molecule has 2 rings (SSSR count). The van der Waals surface area contributed by atoms with Crippen LogP contribution in [0.2, 0.25) is 0 Å². The fourth-order valence-corrected chi connectivity index (χ4v) is 2.15. The Morgan fingerprint density at radius 1 is 1.29 bits per heavy atom. The van der Waals surface area contributed by atoms with Crippen LogP contribution in [0, 0.1) is 13.8 Å². The van der Waals surface area contributed by atoms with E-state index in [1.165, 1.54) is 16.7 Å². The van der Waals surface area contributed by atoms with E-state index in [1.807, 2.05) is 0 Å². The van der Waals surface area contributed by atoms with Crippen molar-refractivity contribution in [3.8, 4) is 0 Å². The van der Waals surface area contributed by atoms with Gasteiger partial charge in [-0.1, -0.05) is 18.2 Å². The van der Waals surface area contributed by atoms with E-state index >= 15 is 0 Å². The highest BCUT2D eigenvalue weighted by Gasteiger charge is 2.26. The van der Waals surface area contributed by atoms with Crippen molar-refractivity contribution in [3.05, 3.63) is 34.9 Å². The van der Waals surface area contributed by atoms with E-state index in [0.29, 0.717) is 6.10 Å². The number of morpholine rings is 1. The molecule has 1 aliphatic rings. The maximum Gasteiger partial charge on any atom is 0.0740 e. The topological polar surface area (TPSA) is 21.3 Å². The zero-order valence-corrected chi connectivity index (χ0v) is 11.3. The van der Waals surface area contributed by atoms with E-state index in [4.69, 9.17) is 4.74 Å². The van der Waals surface area contributed by atoms with Crippen LogP contribution in [0.25, 0.3) is 0 Å². The van der Waals surface area contributed by atoms with Gasteiger partial charge in [0.25, 0.3) is 0 Å². The van der Waals surface area contributed by atoms with Crippen molar-refractivity contribution >= 4 is 0 Å². The Morgan fingerprint density at radius 3 is 2.65 bits per heavy atom. The summed E-state index contributed by atoms with van der Waals surface area (Å²) in [6.07, 6.45) is 1.31. The summed E-state index contributed by atoms with van der Waals surface area (Å²) in [5, 5.41) is 3.53. The smallest absolute Gasteiger partial charge is 0.0740 e. The molecule has 1 aliphatic heterocycles.